The van der Waals surface area contributed by atoms with Crippen molar-refractivity contribution in [3.63, 3.8) is 0 Å². The van der Waals surface area contributed by atoms with Crippen molar-refractivity contribution in [3.8, 4) is 16.9 Å². The molecule has 1 unspecified atom stereocenters. The normalized spacial score (nSPS) is 12.4. The molecule has 1 atom stereocenters. The second-order valence-corrected chi connectivity index (χ2v) is 6.66. The number of benzene rings is 2. The van der Waals surface area contributed by atoms with Crippen molar-refractivity contribution in [1.29, 1.82) is 0 Å². The number of ether oxygens (including phenoxy) is 1. The van der Waals surface area contributed by atoms with E-state index in [1.54, 1.807) is 29.4 Å². The average Bonchev–Trinajstić information content (AvgIpc) is 3.21. The average molecular weight is 346 g/mol. The summed E-state index contributed by atoms with van der Waals surface area (Å²) < 4.78 is 7.69. The number of ketones is 1. The molecule has 0 spiro atoms. The van der Waals surface area contributed by atoms with E-state index in [1.165, 1.54) is 0 Å². The molecule has 3 rings (SSSR count). The highest BCUT2D eigenvalue weighted by Gasteiger charge is 2.33. The number of nitrogens with zero attached hydrogens (tertiary/aromatic N) is 2. The monoisotopic (exact) mass is 346 g/mol. The zero-order valence-corrected chi connectivity index (χ0v) is 15.0. The van der Waals surface area contributed by atoms with Gasteiger partial charge in [0, 0.05) is 17.8 Å². The third-order valence-electron chi connectivity index (χ3n) is 4.37. The standard InChI is InChI=1S/C22H22N2O2/c1-4-22(2,3)20(25)21(24-15-14-23-16-24)26-19-12-10-18(11-13-19)17-8-6-5-7-9-17/h4-16,21H,1H2,2-3H3. The quantitative estimate of drug-likeness (QED) is 0.571. The van der Waals surface area contributed by atoms with Crippen LogP contribution in [0.4, 0.5) is 0 Å². The maximum atomic E-state index is 12.9. The molecular weight excluding hydrogens is 324 g/mol. The highest BCUT2D eigenvalue weighted by Crippen LogP contribution is 2.29. The van der Waals surface area contributed by atoms with Gasteiger partial charge < -0.3 is 4.74 Å². The first kappa shape index (κ1) is 17.7. The van der Waals surface area contributed by atoms with Gasteiger partial charge in [0.2, 0.25) is 12.0 Å². The fourth-order valence-corrected chi connectivity index (χ4v) is 2.56. The Morgan fingerprint density at radius 2 is 1.77 bits per heavy atom. The summed E-state index contributed by atoms with van der Waals surface area (Å²) >= 11 is 0. The van der Waals surface area contributed by atoms with Crippen LogP contribution in [-0.2, 0) is 4.79 Å². The van der Waals surface area contributed by atoms with Gasteiger partial charge in [-0.3, -0.25) is 9.36 Å². The van der Waals surface area contributed by atoms with Crippen LogP contribution in [0.1, 0.15) is 20.1 Å². The fourth-order valence-electron chi connectivity index (χ4n) is 2.56. The maximum Gasteiger partial charge on any atom is 0.237 e. The van der Waals surface area contributed by atoms with E-state index in [1.807, 2.05) is 56.3 Å². The minimum absolute atomic E-state index is 0.0855. The van der Waals surface area contributed by atoms with Gasteiger partial charge >= 0.3 is 0 Å². The molecule has 26 heavy (non-hydrogen) atoms. The van der Waals surface area contributed by atoms with E-state index in [2.05, 4.69) is 23.7 Å². The van der Waals surface area contributed by atoms with Gasteiger partial charge in [-0.15, -0.1) is 6.58 Å². The van der Waals surface area contributed by atoms with Crippen molar-refractivity contribution in [1.82, 2.24) is 9.55 Å². The molecule has 0 saturated carbocycles. The van der Waals surface area contributed by atoms with E-state index in [9.17, 15) is 4.79 Å². The highest BCUT2D eigenvalue weighted by atomic mass is 16.5. The van der Waals surface area contributed by atoms with Crippen molar-refractivity contribution in [2.75, 3.05) is 0 Å². The van der Waals surface area contributed by atoms with E-state index in [-0.39, 0.29) is 5.78 Å². The summed E-state index contributed by atoms with van der Waals surface area (Å²) in [4.78, 5) is 17.0. The molecular formula is C22H22N2O2. The maximum absolute atomic E-state index is 12.9. The van der Waals surface area contributed by atoms with Crippen molar-refractivity contribution in [3.05, 3.63) is 86.0 Å². The molecule has 0 aliphatic rings. The Kier molecular flexibility index (Phi) is 5.03. The Bertz CT molecular complexity index is 866. The third-order valence-corrected chi connectivity index (χ3v) is 4.37. The van der Waals surface area contributed by atoms with Gasteiger partial charge in [0.15, 0.2) is 0 Å². The van der Waals surface area contributed by atoms with E-state index >= 15 is 0 Å². The van der Waals surface area contributed by atoms with Gasteiger partial charge in [0.05, 0.1) is 6.33 Å². The first-order valence-corrected chi connectivity index (χ1v) is 8.49. The summed E-state index contributed by atoms with van der Waals surface area (Å²) in [5.41, 5.74) is 1.52. The zero-order chi connectivity index (χ0) is 18.6. The number of imidazole rings is 1. The van der Waals surface area contributed by atoms with Crippen LogP contribution in [0.5, 0.6) is 5.75 Å². The number of carbonyl (C=O) groups is 1. The Labute approximate surface area is 153 Å². The van der Waals surface area contributed by atoms with Gasteiger partial charge in [0.25, 0.3) is 0 Å². The lowest BCUT2D eigenvalue weighted by Crippen LogP contribution is -2.34. The molecule has 0 N–H and O–H groups in total. The molecule has 0 aliphatic carbocycles. The van der Waals surface area contributed by atoms with E-state index in [0.717, 1.165) is 11.1 Å². The molecule has 0 fully saturated rings. The molecule has 1 aromatic heterocycles. The number of hydrogen-bond donors (Lipinski definition) is 0. The summed E-state index contributed by atoms with van der Waals surface area (Å²) in [5, 5.41) is 0. The highest BCUT2D eigenvalue weighted by molar-refractivity contribution is 5.88. The Morgan fingerprint density at radius 1 is 1.12 bits per heavy atom. The Morgan fingerprint density at radius 3 is 2.35 bits per heavy atom. The summed E-state index contributed by atoms with van der Waals surface area (Å²) in [6.07, 6.45) is 5.78. The van der Waals surface area contributed by atoms with Crippen molar-refractivity contribution >= 4 is 5.78 Å². The van der Waals surface area contributed by atoms with Crippen LogP contribution in [0.15, 0.2) is 86.0 Å². The predicted octanol–water partition coefficient (Wildman–Crippen LogP) is 4.91. The lowest BCUT2D eigenvalue weighted by molar-refractivity contribution is -0.136. The van der Waals surface area contributed by atoms with Crippen molar-refractivity contribution < 1.29 is 9.53 Å². The first-order chi connectivity index (χ1) is 12.5. The fraction of sp³-hybridized carbons (Fsp3) is 0.182. The number of allylic oxidation sites excluding steroid dienone is 1. The smallest absolute Gasteiger partial charge is 0.237 e. The predicted molar refractivity (Wildman–Crippen MR) is 103 cm³/mol. The van der Waals surface area contributed by atoms with Gasteiger partial charge in [-0.05, 0) is 37.1 Å². The molecule has 132 valence electrons. The third kappa shape index (κ3) is 3.75. The molecule has 4 nitrogen and oxygen atoms in total. The molecule has 1 heterocycles. The lowest BCUT2D eigenvalue weighted by Gasteiger charge is -2.26. The first-order valence-electron chi connectivity index (χ1n) is 8.49. The van der Waals surface area contributed by atoms with Gasteiger partial charge in [-0.25, -0.2) is 4.98 Å². The molecule has 0 bridgehead atoms. The Balaban J connectivity index is 1.85. The zero-order valence-electron chi connectivity index (χ0n) is 15.0. The van der Waals surface area contributed by atoms with Crippen LogP contribution in [0.2, 0.25) is 0 Å². The molecule has 0 radical (unpaired) electrons. The van der Waals surface area contributed by atoms with Crippen LogP contribution in [-0.4, -0.2) is 15.3 Å². The topological polar surface area (TPSA) is 44.1 Å². The van der Waals surface area contributed by atoms with Crippen LogP contribution in [0, 0.1) is 5.41 Å². The second-order valence-electron chi connectivity index (χ2n) is 6.66. The van der Waals surface area contributed by atoms with E-state index in [0.29, 0.717) is 5.75 Å². The molecule has 2 aromatic carbocycles. The largest absolute Gasteiger partial charge is 0.463 e. The minimum atomic E-state index is -0.798. The van der Waals surface area contributed by atoms with Crippen LogP contribution in [0.25, 0.3) is 11.1 Å². The number of aromatic nitrogens is 2. The molecule has 0 saturated heterocycles. The minimum Gasteiger partial charge on any atom is -0.463 e. The van der Waals surface area contributed by atoms with E-state index < -0.39 is 11.6 Å². The molecule has 4 heteroatoms. The summed E-state index contributed by atoms with van der Waals surface area (Å²) in [6.45, 7) is 7.42. The van der Waals surface area contributed by atoms with Crippen LogP contribution < -0.4 is 4.74 Å². The number of rotatable bonds is 7. The Hall–Kier alpha value is -3.14. The lowest BCUT2D eigenvalue weighted by atomic mass is 9.87. The molecule has 0 aliphatic heterocycles. The van der Waals surface area contributed by atoms with E-state index in [4.69, 9.17) is 4.74 Å². The summed E-state index contributed by atoms with van der Waals surface area (Å²) in [5.74, 6) is 0.536. The van der Waals surface area contributed by atoms with Gasteiger partial charge in [-0.2, -0.15) is 0 Å². The van der Waals surface area contributed by atoms with Crippen molar-refractivity contribution in [2.24, 2.45) is 5.41 Å². The SMILES string of the molecule is C=CC(C)(C)C(=O)C(Oc1ccc(-c2ccccc2)cc1)n1ccnc1. The number of carbonyl (C=O) groups excluding carboxylic acids is 1. The van der Waals surface area contributed by atoms with Crippen LogP contribution >= 0.6 is 0 Å². The molecule has 0 amide bonds. The summed E-state index contributed by atoms with van der Waals surface area (Å²) in [6, 6.07) is 17.8. The van der Waals surface area contributed by atoms with Crippen molar-refractivity contribution in [2.45, 2.75) is 20.1 Å². The van der Waals surface area contributed by atoms with Crippen LogP contribution in [0.3, 0.4) is 0 Å². The second kappa shape index (κ2) is 7.40. The number of hydrogen-bond acceptors (Lipinski definition) is 3. The van der Waals surface area contributed by atoms with Gasteiger partial charge in [0.1, 0.15) is 5.75 Å². The summed E-state index contributed by atoms with van der Waals surface area (Å²) in [7, 11) is 0. The van der Waals surface area contributed by atoms with Gasteiger partial charge in [-0.1, -0.05) is 48.5 Å². The number of Topliss-reactive ketones (excluding diaryl/α,β-unsaturated/α-hetero) is 1. The molecule has 3 aromatic rings.